The van der Waals surface area contributed by atoms with Crippen LogP contribution in [0.15, 0.2) is 17.8 Å². The molecular formula is C13H18N4OS. The number of thiazole rings is 1. The second-order valence-electron chi connectivity index (χ2n) is 4.96. The minimum absolute atomic E-state index is 0.0979. The molecule has 6 heteroatoms. The second-order valence-corrected chi connectivity index (χ2v) is 5.90. The largest absolute Gasteiger partial charge is 0.307 e. The molecule has 0 aliphatic heterocycles. The fourth-order valence-corrected chi connectivity index (χ4v) is 2.70. The number of hydrogen-bond acceptors (Lipinski definition) is 4. The highest BCUT2D eigenvalue weighted by Gasteiger charge is 2.18. The van der Waals surface area contributed by atoms with Crippen LogP contribution in [0.5, 0.6) is 0 Å². The minimum Gasteiger partial charge on any atom is -0.307 e. The van der Waals surface area contributed by atoms with Crippen LogP contribution in [0.25, 0.3) is 0 Å². The van der Waals surface area contributed by atoms with Gasteiger partial charge in [0, 0.05) is 32.1 Å². The highest BCUT2D eigenvalue weighted by Crippen LogP contribution is 2.18. The van der Waals surface area contributed by atoms with Gasteiger partial charge in [0.25, 0.3) is 5.91 Å². The topological polar surface area (TPSA) is 51.0 Å². The molecule has 19 heavy (non-hydrogen) atoms. The van der Waals surface area contributed by atoms with Crippen LogP contribution in [0.4, 0.5) is 5.69 Å². The summed E-state index contributed by atoms with van der Waals surface area (Å²) in [6.07, 6.45) is 4.38. The van der Waals surface area contributed by atoms with Gasteiger partial charge in [-0.3, -0.25) is 9.48 Å². The molecule has 0 aliphatic rings. The molecule has 0 aromatic carbocycles. The molecule has 2 aromatic rings. The third-order valence-corrected chi connectivity index (χ3v) is 3.61. The molecular weight excluding hydrogens is 260 g/mol. The maximum atomic E-state index is 12.3. The number of hydrogen-bond donors (Lipinski definition) is 0. The first kappa shape index (κ1) is 13.7. The average molecular weight is 278 g/mol. The van der Waals surface area contributed by atoms with E-state index in [2.05, 4.69) is 23.9 Å². The van der Waals surface area contributed by atoms with Gasteiger partial charge in [0.05, 0.1) is 16.9 Å². The van der Waals surface area contributed by atoms with Crippen molar-refractivity contribution < 1.29 is 4.79 Å². The third kappa shape index (κ3) is 3.20. The van der Waals surface area contributed by atoms with Crippen LogP contribution in [-0.2, 0) is 13.5 Å². The number of aryl methyl sites for hydroxylation is 1. The van der Waals surface area contributed by atoms with Crippen LogP contribution < -0.4 is 4.90 Å². The summed E-state index contributed by atoms with van der Waals surface area (Å²) in [5.74, 6) is 0.449. The standard InChI is InChI=1S/C13H18N4OS/c1-9(2)5-12-15-11(8-19-12)13(18)17(4)10-6-14-16(3)7-10/h6-9H,5H2,1-4H3. The van der Waals surface area contributed by atoms with E-state index in [9.17, 15) is 4.79 Å². The Bertz CT molecular complexity index is 573. The third-order valence-electron chi connectivity index (χ3n) is 2.74. The van der Waals surface area contributed by atoms with Crippen LogP contribution in [0.3, 0.4) is 0 Å². The molecule has 5 nitrogen and oxygen atoms in total. The first-order valence-corrected chi connectivity index (χ1v) is 7.06. The van der Waals surface area contributed by atoms with E-state index in [1.165, 1.54) is 0 Å². The minimum atomic E-state index is -0.0979. The number of rotatable bonds is 4. The molecule has 0 atom stereocenters. The molecule has 0 saturated carbocycles. The van der Waals surface area contributed by atoms with Gasteiger partial charge in [0.15, 0.2) is 0 Å². The first-order valence-electron chi connectivity index (χ1n) is 6.18. The molecule has 0 fully saturated rings. The van der Waals surface area contributed by atoms with Gasteiger partial charge in [-0.1, -0.05) is 13.8 Å². The smallest absolute Gasteiger partial charge is 0.277 e. The predicted molar refractivity (Wildman–Crippen MR) is 76.6 cm³/mol. The Hall–Kier alpha value is -1.69. The molecule has 0 aliphatic carbocycles. The van der Waals surface area contributed by atoms with Crippen molar-refractivity contribution in [2.24, 2.45) is 13.0 Å². The van der Waals surface area contributed by atoms with Crippen LogP contribution >= 0.6 is 11.3 Å². The molecule has 0 radical (unpaired) electrons. The Kier molecular flexibility index (Phi) is 3.99. The summed E-state index contributed by atoms with van der Waals surface area (Å²) >= 11 is 1.54. The van der Waals surface area contributed by atoms with Crippen LogP contribution in [0.1, 0.15) is 29.3 Å². The van der Waals surface area contributed by atoms with E-state index in [0.29, 0.717) is 11.6 Å². The Morgan fingerprint density at radius 2 is 2.26 bits per heavy atom. The van der Waals surface area contributed by atoms with Crippen LogP contribution in [0.2, 0.25) is 0 Å². The van der Waals surface area contributed by atoms with E-state index in [1.54, 1.807) is 40.4 Å². The van der Waals surface area contributed by atoms with Gasteiger partial charge in [-0.05, 0) is 5.92 Å². The molecule has 1 amide bonds. The van der Waals surface area contributed by atoms with Crippen molar-refractivity contribution >= 4 is 22.9 Å². The monoisotopic (exact) mass is 278 g/mol. The van der Waals surface area contributed by atoms with Gasteiger partial charge in [0.2, 0.25) is 0 Å². The number of carbonyl (C=O) groups is 1. The average Bonchev–Trinajstić information content (AvgIpc) is 2.95. The summed E-state index contributed by atoms with van der Waals surface area (Å²) in [5.41, 5.74) is 1.28. The zero-order valence-electron chi connectivity index (χ0n) is 11.6. The second kappa shape index (κ2) is 5.52. The van der Waals surface area contributed by atoms with Crippen LogP contribution in [0, 0.1) is 5.92 Å². The van der Waals surface area contributed by atoms with E-state index in [-0.39, 0.29) is 5.91 Å². The van der Waals surface area contributed by atoms with Gasteiger partial charge in [-0.15, -0.1) is 11.3 Å². The van der Waals surface area contributed by atoms with E-state index < -0.39 is 0 Å². The maximum Gasteiger partial charge on any atom is 0.277 e. The number of anilines is 1. The summed E-state index contributed by atoms with van der Waals surface area (Å²) in [6, 6.07) is 0. The van der Waals surface area contributed by atoms with Crippen molar-refractivity contribution in [2.75, 3.05) is 11.9 Å². The van der Waals surface area contributed by atoms with Crippen molar-refractivity contribution in [2.45, 2.75) is 20.3 Å². The maximum absolute atomic E-state index is 12.3. The summed E-state index contributed by atoms with van der Waals surface area (Å²) < 4.78 is 1.67. The van der Waals surface area contributed by atoms with E-state index >= 15 is 0 Å². The molecule has 0 spiro atoms. The number of carbonyl (C=O) groups excluding carboxylic acids is 1. The summed E-state index contributed by atoms with van der Waals surface area (Å²) in [5, 5.41) is 6.90. The number of amides is 1. The lowest BCUT2D eigenvalue weighted by Crippen LogP contribution is -2.26. The van der Waals surface area contributed by atoms with E-state index in [4.69, 9.17) is 0 Å². The molecule has 0 bridgehead atoms. The molecule has 0 saturated heterocycles. The van der Waals surface area contributed by atoms with Crippen molar-refractivity contribution in [3.8, 4) is 0 Å². The zero-order chi connectivity index (χ0) is 14.0. The molecule has 2 rings (SSSR count). The normalized spacial score (nSPS) is 11.0. The SMILES string of the molecule is CC(C)Cc1nc(C(=O)N(C)c2cnn(C)c2)cs1. The lowest BCUT2D eigenvalue weighted by atomic mass is 10.1. The Labute approximate surface area is 116 Å². The molecule has 102 valence electrons. The molecule has 0 N–H and O–H groups in total. The Morgan fingerprint density at radius 3 is 2.84 bits per heavy atom. The highest BCUT2D eigenvalue weighted by atomic mass is 32.1. The summed E-state index contributed by atoms with van der Waals surface area (Å²) in [7, 11) is 3.56. The number of aromatic nitrogens is 3. The number of nitrogens with zero attached hydrogens (tertiary/aromatic N) is 4. The summed E-state index contributed by atoms with van der Waals surface area (Å²) in [6.45, 7) is 4.29. The van der Waals surface area contributed by atoms with Gasteiger partial charge >= 0.3 is 0 Å². The molecule has 0 unspecified atom stereocenters. The molecule has 2 heterocycles. The highest BCUT2D eigenvalue weighted by molar-refractivity contribution is 7.09. The first-order chi connectivity index (χ1) is 8.97. The van der Waals surface area contributed by atoms with Crippen molar-refractivity contribution in [1.82, 2.24) is 14.8 Å². The van der Waals surface area contributed by atoms with Gasteiger partial charge < -0.3 is 4.90 Å². The lowest BCUT2D eigenvalue weighted by molar-refractivity contribution is 0.0988. The van der Waals surface area contributed by atoms with Gasteiger partial charge in [-0.25, -0.2) is 4.98 Å². The van der Waals surface area contributed by atoms with Crippen molar-refractivity contribution in [3.63, 3.8) is 0 Å². The predicted octanol–water partition coefficient (Wildman–Crippen LogP) is 2.35. The van der Waals surface area contributed by atoms with E-state index in [0.717, 1.165) is 17.1 Å². The quantitative estimate of drug-likeness (QED) is 0.862. The van der Waals surface area contributed by atoms with Crippen molar-refractivity contribution in [1.29, 1.82) is 0 Å². The van der Waals surface area contributed by atoms with Gasteiger partial charge in [0.1, 0.15) is 5.69 Å². The van der Waals surface area contributed by atoms with Crippen molar-refractivity contribution in [3.05, 3.63) is 28.5 Å². The zero-order valence-corrected chi connectivity index (χ0v) is 12.4. The van der Waals surface area contributed by atoms with Crippen LogP contribution in [-0.4, -0.2) is 27.7 Å². The molecule has 2 aromatic heterocycles. The Balaban J connectivity index is 2.13. The fraction of sp³-hybridized carbons (Fsp3) is 0.462. The fourth-order valence-electron chi connectivity index (χ4n) is 1.72. The lowest BCUT2D eigenvalue weighted by Gasteiger charge is -2.12. The summed E-state index contributed by atoms with van der Waals surface area (Å²) in [4.78, 5) is 18.3. The Morgan fingerprint density at radius 1 is 1.53 bits per heavy atom. The van der Waals surface area contributed by atoms with Gasteiger partial charge in [-0.2, -0.15) is 5.10 Å². The van der Waals surface area contributed by atoms with E-state index in [1.807, 2.05) is 12.4 Å².